The minimum Gasteiger partial charge on any atom is -0.457 e. The molecule has 2 aromatic rings. The second-order valence-electron chi connectivity index (χ2n) is 4.90. The Hall–Kier alpha value is -1.51. The SMILES string of the molecule is CCNCc1ccc(Oc2cc(C)ccc2C)cc1Cl. The van der Waals surface area contributed by atoms with Gasteiger partial charge in [-0.3, -0.25) is 0 Å². The maximum Gasteiger partial charge on any atom is 0.130 e. The van der Waals surface area contributed by atoms with Gasteiger partial charge in [-0.1, -0.05) is 36.7 Å². The van der Waals surface area contributed by atoms with Crippen molar-refractivity contribution in [2.24, 2.45) is 0 Å². The summed E-state index contributed by atoms with van der Waals surface area (Å²) in [7, 11) is 0. The first-order chi connectivity index (χ1) is 9.60. The quantitative estimate of drug-likeness (QED) is 0.849. The van der Waals surface area contributed by atoms with Crippen molar-refractivity contribution in [1.82, 2.24) is 5.32 Å². The van der Waals surface area contributed by atoms with Crippen LogP contribution in [0.1, 0.15) is 23.6 Å². The number of hydrogen-bond acceptors (Lipinski definition) is 2. The van der Waals surface area contributed by atoms with E-state index in [-0.39, 0.29) is 0 Å². The van der Waals surface area contributed by atoms with Crippen LogP contribution in [-0.2, 0) is 6.54 Å². The molecule has 0 atom stereocenters. The maximum absolute atomic E-state index is 6.28. The Morgan fingerprint density at radius 3 is 2.60 bits per heavy atom. The number of benzene rings is 2. The molecule has 0 aromatic heterocycles. The van der Waals surface area contributed by atoms with Crippen LogP contribution in [0.15, 0.2) is 36.4 Å². The van der Waals surface area contributed by atoms with Crippen LogP contribution in [0.2, 0.25) is 5.02 Å². The van der Waals surface area contributed by atoms with E-state index >= 15 is 0 Å². The lowest BCUT2D eigenvalue weighted by molar-refractivity contribution is 0.478. The van der Waals surface area contributed by atoms with Crippen molar-refractivity contribution >= 4 is 11.6 Å². The maximum atomic E-state index is 6.28. The van der Waals surface area contributed by atoms with Gasteiger partial charge in [-0.25, -0.2) is 0 Å². The molecule has 0 aliphatic heterocycles. The van der Waals surface area contributed by atoms with Crippen molar-refractivity contribution in [1.29, 1.82) is 0 Å². The normalized spacial score (nSPS) is 10.6. The lowest BCUT2D eigenvalue weighted by atomic mass is 10.1. The van der Waals surface area contributed by atoms with Gasteiger partial charge in [-0.05, 0) is 55.3 Å². The highest BCUT2D eigenvalue weighted by Crippen LogP contribution is 2.29. The van der Waals surface area contributed by atoms with Crippen molar-refractivity contribution in [2.45, 2.75) is 27.3 Å². The topological polar surface area (TPSA) is 21.3 Å². The summed E-state index contributed by atoms with van der Waals surface area (Å²) in [5.41, 5.74) is 3.38. The molecule has 2 aromatic carbocycles. The van der Waals surface area contributed by atoms with Crippen LogP contribution in [0, 0.1) is 13.8 Å². The summed E-state index contributed by atoms with van der Waals surface area (Å²) in [5, 5.41) is 4.00. The zero-order valence-electron chi connectivity index (χ0n) is 12.2. The molecule has 0 radical (unpaired) electrons. The number of halogens is 1. The molecular formula is C17H20ClNO. The number of hydrogen-bond donors (Lipinski definition) is 1. The first-order valence-corrected chi connectivity index (χ1v) is 7.22. The molecule has 0 unspecified atom stereocenters. The van der Waals surface area contributed by atoms with Gasteiger partial charge in [0.1, 0.15) is 11.5 Å². The molecule has 0 bridgehead atoms. The van der Waals surface area contributed by atoms with Crippen LogP contribution in [0.4, 0.5) is 0 Å². The standard InChI is InChI=1S/C17H20ClNO/c1-4-19-11-14-7-8-15(10-16(14)18)20-17-9-12(2)5-6-13(17)3/h5-10,19H,4,11H2,1-3H3. The Morgan fingerprint density at radius 2 is 1.90 bits per heavy atom. The van der Waals surface area contributed by atoms with Gasteiger partial charge in [0.15, 0.2) is 0 Å². The molecule has 1 N–H and O–H groups in total. The summed E-state index contributed by atoms with van der Waals surface area (Å²) in [6.45, 7) is 7.87. The van der Waals surface area contributed by atoms with E-state index in [1.807, 2.05) is 31.2 Å². The van der Waals surface area contributed by atoms with Crippen LogP contribution in [0.5, 0.6) is 11.5 Å². The van der Waals surface area contributed by atoms with Crippen molar-refractivity contribution in [3.63, 3.8) is 0 Å². The van der Waals surface area contributed by atoms with E-state index in [4.69, 9.17) is 16.3 Å². The first-order valence-electron chi connectivity index (χ1n) is 6.84. The number of nitrogens with one attached hydrogen (secondary N) is 1. The summed E-state index contributed by atoms with van der Waals surface area (Å²) < 4.78 is 5.93. The molecule has 106 valence electrons. The van der Waals surface area contributed by atoms with Crippen molar-refractivity contribution in [3.8, 4) is 11.5 Å². The molecule has 3 heteroatoms. The van der Waals surface area contributed by atoms with Gasteiger partial charge >= 0.3 is 0 Å². The lowest BCUT2D eigenvalue weighted by Crippen LogP contribution is -2.11. The third-order valence-corrected chi connectivity index (χ3v) is 3.51. The molecule has 0 fully saturated rings. The van der Waals surface area contributed by atoms with E-state index in [1.54, 1.807) is 0 Å². The minimum atomic E-state index is 0.730. The van der Waals surface area contributed by atoms with Gasteiger partial charge in [-0.15, -0.1) is 0 Å². The number of aryl methyl sites for hydroxylation is 2. The average Bonchev–Trinajstić information content (AvgIpc) is 2.42. The van der Waals surface area contributed by atoms with Gasteiger partial charge in [0, 0.05) is 11.6 Å². The molecule has 2 rings (SSSR count). The Kier molecular flexibility index (Phi) is 5.05. The van der Waals surface area contributed by atoms with Crippen LogP contribution in [-0.4, -0.2) is 6.54 Å². The predicted octanol–water partition coefficient (Wildman–Crippen LogP) is 4.86. The fraction of sp³-hybridized carbons (Fsp3) is 0.294. The summed E-state index contributed by atoms with van der Waals surface area (Å²) in [4.78, 5) is 0. The van der Waals surface area contributed by atoms with Crippen LogP contribution in [0.3, 0.4) is 0 Å². The molecule has 20 heavy (non-hydrogen) atoms. The van der Waals surface area contributed by atoms with Gasteiger partial charge in [0.05, 0.1) is 0 Å². The van der Waals surface area contributed by atoms with E-state index < -0.39 is 0 Å². The van der Waals surface area contributed by atoms with Crippen molar-refractivity contribution < 1.29 is 4.74 Å². The van der Waals surface area contributed by atoms with Gasteiger partial charge in [0.25, 0.3) is 0 Å². The lowest BCUT2D eigenvalue weighted by Gasteiger charge is -2.11. The second-order valence-corrected chi connectivity index (χ2v) is 5.31. The van der Waals surface area contributed by atoms with Gasteiger partial charge < -0.3 is 10.1 Å². The Labute approximate surface area is 125 Å². The van der Waals surface area contributed by atoms with E-state index in [0.717, 1.165) is 40.7 Å². The van der Waals surface area contributed by atoms with Gasteiger partial charge in [0.2, 0.25) is 0 Å². The zero-order valence-corrected chi connectivity index (χ0v) is 12.9. The summed E-state index contributed by atoms with van der Waals surface area (Å²) in [5.74, 6) is 1.64. The Bertz CT molecular complexity index is 596. The Morgan fingerprint density at radius 1 is 1.10 bits per heavy atom. The van der Waals surface area contributed by atoms with Crippen LogP contribution >= 0.6 is 11.6 Å². The van der Waals surface area contributed by atoms with E-state index in [0.29, 0.717) is 0 Å². The van der Waals surface area contributed by atoms with Crippen molar-refractivity contribution in [3.05, 3.63) is 58.1 Å². The summed E-state index contributed by atoms with van der Waals surface area (Å²) in [6.07, 6.45) is 0. The third kappa shape index (κ3) is 3.75. The molecular weight excluding hydrogens is 270 g/mol. The highest BCUT2D eigenvalue weighted by Gasteiger charge is 2.05. The first kappa shape index (κ1) is 14.9. The minimum absolute atomic E-state index is 0.730. The molecule has 2 nitrogen and oxygen atoms in total. The highest BCUT2D eigenvalue weighted by atomic mass is 35.5. The number of rotatable bonds is 5. The fourth-order valence-electron chi connectivity index (χ4n) is 1.94. The monoisotopic (exact) mass is 289 g/mol. The second kappa shape index (κ2) is 6.78. The molecule has 0 spiro atoms. The Balaban J connectivity index is 2.17. The molecule has 0 amide bonds. The van der Waals surface area contributed by atoms with Crippen molar-refractivity contribution in [2.75, 3.05) is 6.54 Å². The fourth-order valence-corrected chi connectivity index (χ4v) is 2.18. The molecule has 0 aliphatic rings. The third-order valence-electron chi connectivity index (χ3n) is 3.16. The average molecular weight is 290 g/mol. The number of ether oxygens (including phenoxy) is 1. The summed E-state index contributed by atoms with van der Waals surface area (Å²) >= 11 is 6.28. The molecule has 0 aliphatic carbocycles. The highest BCUT2D eigenvalue weighted by molar-refractivity contribution is 6.31. The largest absolute Gasteiger partial charge is 0.457 e. The van der Waals surface area contributed by atoms with Gasteiger partial charge in [-0.2, -0.15) is 0 Å². The van der Waals surface area contributed by atoms with Crippen LogP contribution < -0.4 is 10.1 Å². The predicted molar refractivity (Wildman–Crippen MR) is 84.8 cm³/mol. The van der Waals surface area contributed by atoms with E-state index in [9.17, 15) is 0 Å². The molecule has 0 saturated carbocycles. The smallest absolute Gasteiger partial charge is 0.130 e. The summed E-state index contributed by atoms with van der Waals surface area (Å²) in [6, 6.07) is 12.0. The van der Waals surface area contributed by atoms with E-state index in [1.165, 1.54) is 5.56 Å². The van der Waals surface area contributed by atoms with Crippen LogP contribution in [0.25, 0.3) is 0 Å². The van der Waals surface area contributed by atoms with E-state index in [2.05, 4.69) is 31.3 Å². The zero-order chi connectivity index (χ0) is 14.5. The molecule has 0 saturated heterocycles. The molecule has 0 heterocycles.